The summed E-state index contributed by atoms with van der Waals surface area (Å²) in [6.45, 7) is 8.20. The Balaban J connectivity index is 2.93. The lowest BCUT2D eigenvalue weighted by atomic mass is 9.88. The molecule has 0 saturated carbocycles. The third-order valence-corrected chi connectivity index (χ3v) is 2.60. The van der Waals surface area contributed by atoms with Crippen molar-refractivity contribution in [3.8, 4) is 0 Å². The van der Waals surface area contributed by atoms with Crippen LogP contribution in [0.2, 0.25) is 0 Å². The van der Waals surface area contributed by atoms with Gasteiger partial charge in [-0.2, -0.15) is 5.10 Å². The lowest BCUT2D eigenvalue weighted by molar-refractivity contribution is 0.0697. The highest BCUT2D eigenvalue weighted by Crippen LogP contribution is 2.23. The Morgan fingerprint density at radius 2 is 2.12 bits per heavy atom. The SMILES string of the molecule is CC(Nc1nnccc1C(=O)O)C(C)(C)C. The van der Waals surface area contributed by atoms with Crippen molar-refractivity contribution in [2.75, 3.05) is 5.32 Å². The van der Waals surface area contributed by atoms with Gasteiger partial charge in [0.15, 0.2) is 5.82 Å². The molecule has 1 heterocycles. The average molecular weight is 223 g/mol. The van der Waals surface area contributed by atoms with Gasteiger partial charge in [-0.15, -0.1) is 5.10 Å². The van der Waals surface area contributed by atoms with Crippen LogP contribution >= 0.6 is 0 Å². The number of hydrogen-bond acceptors (Lipinski definition) is 4. The Hall–Kier alpha value is -1.65. The van der Waals surface area contributed by atoms with Crippen LogP contribution in [0, 0.1) is 5.41 Å². The summed E-state index contributed by atoms with van der Waals surface area (Å²) in [5.74, 6) is -0.684. The Kier molecular flexibility index (Phi) is 3.47. The lowest BCUT2D eigenvalue weighted by Gasteiger charge is -2.28. The van der Waals surface area contributed by atoms with E-state index in [0.29, 0.717) is 5.82 Å². The molecule has 1 rings (SSSR count). The Bertz CT molecular complexity index is 385. The molecule has 0 radical (unpaired) electrons. The fraction of sp³-hybridized carbons (Fsp3) is 0.545. The molecule has 1 unspecified atom stereocenters. The van der Waals surface area contributed by atoms with E-state index in [0.717, 1.165) is 0 Å². The molecule has 0 aliphatic rings. The Labute approximate surface area is 94.9 Å². The Morgan fingerprint density at radius 1 is 1.50 bits per heavy atom. The van der Waals surface area contributed by atoms with Gasteiger partial charge in [-0.3, -0.25) is 0 Å². The molecule has 1 aromatic heterocycles. The summed E-state index contributed by atoms with van der Waals surface area (Å²) in [6, 6.07) is 1.54. The summed E-state index contributed by atoms with van der Waals surface area (Å²) < 4.78 is 0. The van der Waals surface area contributed by atoms with Crippen LogP contribution in [-0.2, 0) is 0 Å². The number of nitrogens with zero attached hydrogens (tertiary/aromatic N) is 2. The molecular formula is C11H17N3O2. The van der Waals surface area contributed by atoms with Gasteiger partial charge in [0.05, 0.1) is 6.20 Å². The minimum Gasteiger partial charge on any atom is -0.478 e. The Morgan fingerprint density at radius 3 is 2.62 bits per heavy atom. The fourth-order valence-electron chi connectivity index (χ4n) is 1.03. The summed E-state index contributed by atoms with van der Waals surface area (Å²) in [4.78, 5) is 10.9. The quantitative estimate of drug-likeness (QED) is 0.820. The number of anilines is 1. The molecule has 0 spiro atoms. The predicted octanol–water partition coefficient (Wildman–Crippen LogP) is 2.02. The van der Waals surface area contributed by atoms with Gasteiger partial charge in [-0.25, -0.2) is 4.79 Å². The molecule has 1 aromatic rings. The molecule has 0 aromatic carbocycles. The summed E-state index contributed by atoms with van der Waals surface area (Å²) in [5.41, 5.74) is 0.166. The van der Waals surface area contributed by atoms with E-state index in [1.165, 1.54) is 12.3 Å². The topological polar surface area (TPSA) is 75.1 Å². The number of carbonyl (C=O) groups is 1. The molecule has 2 N–H and O–H groups in total. The highest BCUT2D eigenvalue weighted by molar-refractivity contribution is 5.92. The first-order valence-electron chi connectivity index (χ1n) is 5.14. The van der Waals surface area contributed by atoms with E-state index in [1.54, 1.807) is 0 Å². The highest BCUT2D eigenvalue weighted by atomic mass is 16.4. The first kappa shape index (κ1) is 12.4. The van der Waals surface area contributed by atoms with Crippen molar-refractivity contribution in [3.05, 3.63) is 17.8 Å². The number of aromatic nitrogens is 2. The summed E-state index contributed by atoms with van der Waals surface area (Å²) in [5, 5.41) is 19.5. The van der Waals surface area contributed by atoms with E-state index in [1.807, 2.05) is 6.92 Å². The number of hydrogen-bond donors (Lipinski definition) is 2. The van der Waals surface area contributed by atoms with Gasteiger partial charge in [0.2, 0.25) is 0 Å². The summed E-state index contributed by atoms with van der Waals surface area (Å²) in [7, 11) is 0. The van der Waals surface area contributed by atoms with Gasteiger partial charge in [-0.1, -0.05) is 20.8 Å². The minimum absolute atomic E-state index is 0.0211. The standard InChI is InChI=1S/C11H17N3O2/c1-7(11(2,3)4)13-9-8(10(15)16)5-6-12-14-9/h5-7H,1-4H3,(H,13,14)(H,15,16). The second kappa shape index (κ2) is 4.47. The molecule has 0 aliphatic heterocycles. The van der Waals surface area contributed by atoms with Crippen LogP contribution in [0.15, 0.2) is 12.3 Å². The molecule has 0 saturated heterocycles. The van der Waals surface area contributed by atoms with Crippen LogP contribution in [0.3, 0.4) is 0 Å². The van der Waals surface area contributed by atoms with Crippen molar-refractivity contribution in [1.82, 2.24) is 10.2 Å². The smallest absolute Gasteiger partial charge is 0.339 e. The fourth-order valence-corrected chi connectivity index (χ4v) is 1.03. The van der Waals surface area contributed by atoms with Crippen molar-refractivity contribution >= 4 is 11.8 Å². The summed E-state index contributed by atoms with van der Waals surface area (Å²) >= 11 is 0. The van der Waals surface area contributed by atoms with E-state index in [-0.39, 0.29) is 17.0 Å². The van der Waals surface area contributed by atoms with Gasteiger partial charge in [0.25, 0.3) is 0 Å². The van der Waals surface area contributed by atoms with Crippen LogP contribution in [0.4, 0.5) is 5.82 Å². The van der Waals surface area contributed by atoms with Crippen molar-refractivity contribution in [2.24, 2.45) is 5.41 Å². The van der Waals surface area contributed by atoms with Gasteiger partial charge in [-0.05, 0) is 18.4 Å². The lowest BCUT2D eigenvalue weighted by Crippen LogP contribution is -2.32. The maximum absolute atomic E-state index is 10.9. The monoisotopic (exact) mass is 223 g/mol. The van der Waals surface area contributed by atoms with Crippen LogP contribution < -0.4 is 5.32 Å². The average Bonchev–Trinajstić information content (AvgIpc) is 2.16. The first-order valence-corrected chi connectivity index (χ1v) is 5.14. The predicted molar refractivity (Wildman–Crippen MR) is 61.5 cm³/mol. The van der Waals surface area contributed by atoms with Crippen molar-refractivity contribution in [3.63, 3.8) is 0 Å². The molecule has 88 valence electrons. The number of aromatic carboxylic acids is 1. The van der Waals surface area contributed by atoms with E-state index in [4.69, 9.17) is 5.11 Å². The maximum Gasteiger partial charge on any atom is 0.339 e. The van der Waals surface area contributed by atoms with Crippen molar-refractivity contribution in [2.45, 2.75) is 33.7 Å². The molecule has 0 amide bonds. The van der Waals surface area contributed by atoms with Crippen LogP contribution in [-0.4, -0.2) is 27.3 Å². The maximum atomic E-state index is 10.9. The molecule has 5 heteroatoms. The molecule has 5 nitrogen and oxygen atoms in total. The van der Waals surface area contributed by atoms with E-state index < -0.39 is 5.97 Å². The normalized spacial score (nSPS) is 13.2. The third kappa shape index (κ3) is 2.92. The molecular weight excluding hydrogens is 206 g/mol. The van der Waals surface area contributed by atoms with E-state index in [2.05, 4.69) is 36.3 Å². The second-order valence-electron chi connectivity index (χ2n) is 4.83. The molecule has 0 aliphatic carbocycles. The number of carboxylic acids is 1. The zero-order chi connectivity index (χ0) is 12.3. The third-order valence-electron chi connectivity index (χ3n) is 2.60. The van der Waals surface area contributed by atoms with E-state index in [9.17, 15) is 4.79 Å². The largest absolute Gasteiger partial charge is 0.478 e. The first-order chi connectivity index (χ1) is 7.32. The van der Waals surface area contributed by atoms with Gasteiger partial charge < -0.3 is 10.4 Å². The second-order valence-corrected chi connectivity index (χ2v) is 4.83. The van der Waals surface area contributed by atoms with E-state index >= 15 is 0 Å². The molecule has 1 atom stereocenters. The van der Waals surface area contributed by atoms with Crippen LogP contribution in [0.5, 0.6) is 0 Å². The summed E-state index contributed by atoms with van der Waals surface area (Å²) in [6.07, 6.45) is 1.37. The van der Waals surface area contributed by atoms with Crippen molar-refractivity contribution < 1.29 is 9.90 Å². The van der Waals surface area contributed by atoms with Crippen molar-refractivity contribution in [1.29, 1.82) is 0 Å². The zero-order valence-corrected chi connectivity index (χ0v) is 9.98. The zero-order valence-electron chi connectivity index (χ0n) is 9.98. The van der Waals surface area contributed by atoms with Gasteiger partial charge in [0, 0.05) is 6.04 Å². The number of rotatable bonds is 3. The number of nitrogens with one attached hydrogen (secondary N) is 1. The van der Waals surface area contributed by atoms with Crippen LogP contribution in [0.1, 0.15) is 38.1 Å². The van der Waals surface area contributed by atoms with Crippen LogP contribution in [0.25, 0.3) is 0 Å². The number of carboxylic acid groups (broad SMARTS) is 1. The molecule has 0 fully saturated rings. The van der Waals surface area contributed by atoms with Gasteiger partial charge in [0.1, 0.15) is 5.56 Å². The highest BCUT2D eigenvalue weighted by Gasteiger charge is 2.22. The van der Waals surface area contributed by atoms with Gasteiger partial charge >= 0.3 is 5.97 Å². The molecule has 0 bridgehead atoms. The minimum atomic E-state index is -1.00. The molecule has 16 heavy (non-hydrogen) atoms.